The highest BCUT2D eigenvalue weighted by Crippen LogP contribution is 2.23. The van der Waals surface area contributed by atoms with Gasteiger partial charge in [-0.05, 0) is 40.2 Å². The normalized spacial score (nSPS) is 10.0. The molecule has 0 unspecified atom stereocenters. The summed E-state index contributed by atoms with van der Waals surface area (Å²) in [5.74, 6) is 0.640. The standard InChI is InChI=1S/C11H10BrN3OS/c1-13-10-5-2-7(6-14-10)15-11(16)8-3-4-9(12)17-8/h2-6H,1H3,(H,13,14)(H,15,16). The van der Waals surface area contributed by atoms with Crippen LogP contribution in [0.25, 0.3) is 0 Å². The maximum Gasteiger partial charge on any atom is 0.265 e. The number of hydrogen-bond acceptors (Lipinski definition) is 4. The first-order valence-electron chi connectivity index (χ1n) is 4.89. The third-order valence-electron chi connectivity index (χ3n) is 2.07. The van der Waals surface area contributed by atoms with Crippen LogP contribution in [-0.4, -0.2) is 17.9 Å². The van der Waals surface area contributed by atoms with E-state index in [-0.39, 0.29) is 5.91 Å². The quantitative estimate of drug-likeness (QED) is 0.915. The molecule has 0 aliphatic carbocycles. The first kappa shape index (κ1) is 12.1. The predicted molar refractivity (Wildman–Crippen MR) is 73.8 cm³/mol. The minimum atomic E-state index is -0.125. The van der Waals surface area contributed by atoms with Gasteiger partial charge < -0.3 is 10.6 Å². The molecule has 0 saturated carbocycles. The molecular formula is C11H10BrN3OS. The third-order valence-corrected chi connectivity index (χ3v) is 3.70. The van der Waals surface area contributed by atoms with Gasteiger partial charge in [0.1, 0.15) is 5.82 Å². The lowest BCUT2D eigenvalue weighted by molar-refractivity contribution is 0.103. The van der Waals surface area contributed by atoms with Crippen molar-refractivity contribution in [2.75, 3.05) is 17.7 Å². The van der Waals surface area contributed by atoms with Gasteiger partial charge in [0, 0.05) is 7.05 Å². The van der Waals surface area contributed by atoms with Crippen LogP contribution in [0.1, 0.15) is 9.67 Å². The second kappa shape index (κ2) is 5.29. The summed E-state index contributed by atoms with van der Waals surface area (Å²) in [5.41, 5.74) is 0.679. The number of halogens is 1. The van der Waals surface area contributed by atoms with Gasteiger partial charge in [-0.25, -0.2) is 4.98 Å². The second-order valence-corrected chi connectivity index (χ2v) is 5.70. The molecule has 0 atom stereocenters. The monoisotopic (exact) mass is 311 g/mol. The lowest BCUT2D eigenvalue weighted by Crippen LogP contribution is -2.10. The number of carbonyl (C=O) groups excluding carboxylic acids is 1. The molecule has 2 aromatic rings. The van der Waals surface area contributed by atoms with E-state index < -0.39 is 0 Å². The Kier molecular flexibility index (Phi) is 3.75. The van der Waals surface area contributed by atoms with Crippen LogP contribution in [0, 0.1) is 0 Å². The number of carbonyl (C=O) groups is 1. The van der Waals surface area contributed by atoms with E-state index in [0.717, 1.165) is 9.60 Å². The molecule has 1 amide bonds. The molecule has 0 bridgehead atoms. The van der Waals surface area contributed by atoms with E-state index in [1.807, 2.05) is 6.07 Å². The summed E-state index contributed by atoms with van der Waals surface area (Å²) in [4.78, 5) is 16.6. The Bertz CT molecular complexity index is 524. The summed E-state index contributed by atoms with van der Waals surface area (Å²) in [7, 11) is 1.80. The van der Waals surface area contributed by atoms with Crippen molar-refractivity contribution in [1.29, 1.82) is 0 Å². The molecule has 0 aliphatic heterocycles. The molecule has 17 heavy (non-hydrogen) atoms. The van der Waals surface area contributed by atoms with Crippen LogP contribution < -0.4 is 10.6 Å². The highest BCUT2D eigenvalue weighted by atomic mass is 79.9. The Hall–Kier alpha value is -1.40. The average molecular weight is 312 g/mol. The van der Waals surface area contributed by atoms with Crippen molar-refractivity contribution in [1.82, 2.24) is 4.98 Å². The molecule has 2 aromatic heterocycles. The van der Waals surface area contributed by atoms with Crippen LogP contribution in [-0.2, 0) is 0 Å². The molecule has 6 heteroatoms. The van der Waals surface area contributed by atoms with E-state index in [0.29, 0.717) is 10.6 Å². The Labute approximate surface area is 111 Å². The highest BCUT2D eigenvalue weighted by molar-refractivity contribution is 9.11. The fraction of sp³-hybridized carbons (Fsp3) is 0.0909. The van der Waals surface area contributed by atoms with Gasteiger partial charge in [0.05, 0.1) is 20.5 Å². The molecule has 0 aliphatic rings. The summed E-state index contributed by atoms with van der Waals surface area (Å²) < 4.78 is 0.936. The molecule has 0 fully saturated rings. The topological polar surface area (TPSA) is 54.0 Å². The Morgan fingerprint density at radius 1 is 1.35 bits per heavy atom. The minimum Gasteiger partial charge on any atom is -0.373 e. The molecule has 0 aromatic carbocycles. The summed E-state index contributed by atoms with van der Waals surface area (Å²) >= 11 is 4.72. The van der Waals surface area contributed by atoms with Crippen molar-refractivity contribution in [3.63, 3.8) is 0 Å². The third kappa shape index (κ3) is 3.04. The van der Waals surface area contributed by atoms with Crippen molar-refractivity contribution >= 4 is 44.7 Å². The largest absolute Gasteiger partial charge is 0.373 e. The van der Waals surface area contributed by atoms with Crippen LogP contribution in [0.2, 0.25) is 0 Å². The van der Waals surface area contributed by atoms with Crippen LogP contribution in [0.5, 0.6) is 0 Å². The molecular weight excluding hydrogens is 302 g/mol. The van der Waals surface area contributed by atoms with E-state index in [4.69, 9.17) is 0 Å². The number of thiophene rings is 1. The number of aromatic nitrogens is 1. The highest BCUT2D eigenvalue weighted by Gasteiger charge is 2.08. The minimum absolute atomic E-state index is 0.125. The molecule has 2 rings (SSSR count). The smallest absolute Gasteiger partial charge is 0.265 e. The summed E-state index contributed by atoms with van der Waals surface area (Å²) in [5, 5.41) is 5.70. The molecule has 2 N–H and O–H groups in total. The number of anilines is 2. The van der Waals surface area contributed by atoms with Crippen LogP contribution in [0.3, 0.4) is 0 Å². The van der Waals surface area contributed by atoms with Crippen LogP contribution in [0.15, 0.2) is 34.2 Å². The molecule has 0 spiro atoms. The van der Waals surface area contributed by atoms with Gasteiger partial charge in [0.2, 0.25) is 0 Å². The van der Waals surface area contributed by atoms with Crippen LogP contribution >= 0.6 is 27.3 Å². The van der Waals surface area contributed by atoms with Gasteiger partial charge in [0.15, 0.2) is 0 Å². The number of amides is 1. The lowest BCUT2D eigenvalue weighted by Gasteiger charge is -2.04. The number of nitrogens with zero attached hydrogens (tertiary/aromatic N) is 1. The number of rotatable bonds is 3. The maximum absolute atomic E-state index is 11.8. The van der Waals surface area contributed by atoms with Crippen molar-refractivity contribution in [2.45, 2.75) is 0 Å². The molecule has 88 valence electrons. The van der Waals surface area contributed by atoms with Gasteiger partial charge in [-0.15, -0.1) is 11.3 Å². The van der Waals surface area contributed by atoms with Gasteiger partial charge in [-0.1, -0.05) is 0 Å². The fourth-order valence-corrected chi connectivity index (χ4v) is 2.53. The zero-order chi connectivity index (χ0) is 12.3. The predicted octanol–water partition coefficient (Wildman–Crippen LogP) is 3.20. The second-order valence-electron chi connectivity index (χ2n) is 3.24. The Balaban J connectivity index is 2.07. The molecule has 4 nitrogen and oxygen atoms in total. The van der Waals surface area contributed by atoms with Gasteiger partial charge in [0.25, 0.3) is 5.91 Å². The van der Waals surface area contributed by atoms with Crippen molar-refractivity contribution in [3.8, 4) is 0 Å². The van der Waals surface area contributed by atoms with Gasteiger partial charge >= 0.3 is 0 Å². The number of nitrogens with one attached hydrogen (secondary N) is 2. The maximum atomic E-state index is 11.8. The van der Waals surface area contributed by atoms with Crippen molar-refractivity contribution in [2.24, 2.45) is 0 Å². The van der Waals surface area contributed by atoms with E-state index in [1.165, 1.54) is 11.3 Å². The summed E-state index contributed by atoms with van der Waals surface area (Å²) in [6, 6.07) is 7.24. The van der Waals surface area contributed by atoms with Crippen LogP contribution in [0.4, 0.5) is 11.5 Å². The summed E-state index contributed by atoms with van der Waals surface area (Å²) in [6.45, 7) is 0. The van der Waals surface area contributed by atoms with Crippen molar-refractivity contribution in [3.05, 3.63) is 39.1 Å². The zero-order valence-electron chi connectivity index (χ0n) is 9.03. The summed E-state index contributed by atoms with van der Waals surface area (Å²) in [6.07, 6.45) is 1.62. The fourth-order valence-electron chi connectivity index (χ4n) is 1.24. The van der Waals surface area contributed by atoms with E-state index in [9.17, 15) is 4.79 Å². The Morgan fingerprint density at radius 2 is 2.18 bits per heavy atom. The van der Waals surface area contributed by atoms with E-state index >= 15 is 0 Å². The molecule has 0 saturated heterocycles. The van der Waals surface area contributed by atoms with Gasteiger partial charge in [-0.2, -0.15) is 0 Å². The number of pyridine rings is 1. The van der Waals surface area contributed by atoms with Crippen molar-refractivity contribution < 1.29 is 4.79 Å². The van der Waals surface area contributed by atoms with Gasteiger partial charge in [-0.3, -0.25) is 4.79 Å². The average Bonchev–Trinajstić information content (AvgIpc) is 2.77. The lowest BCUT2D eigenvalue weighted by atomic mass is 10.3. The molecule has 2 heterocycles. The van der Waals surface area contributed by atoms with E-state index in [1.54, 1.807) is 31.4 Å². The van der Waals surface area contributed by atoms with E-state index in [2.05, 4.69) is 31.5 Å². The zero-order valence-corrected chi connectivity index (χ0v) is 11.4. The molecule has 0 radical (unpaired) electrons. The first-order chi connectivity index (χ1) is 8.19. The number of hydrogen-bond donors (Lipinski definition) is 2. The Morgan fingerprint density at radius 3 is 2.71 bits per heavy atom. The SMILES string of the molecule is CNc1ccc(NC(=O)c2ccc(Br)s2)cn1. The first-order valence-corrected chi connectivity index (χ1v) is 6.50.